The molecule has 1 fully saturated rings. The number of anilines is 1. The van der Waals surface area contributed by atoms with E-state index < -0.39 is 6.04 Å². The number of piperazine rings is 1. The van der Waals surface area contributed by atoms with Gasteiger partial charge in [0.1, 0.15) is 6.04 Å². The second-order valence-electron chi connectivity index (χ2n) is 6.70. The molecular formula is C20H22N4O2S. The predicted octanol–water partition coefficient (Wildman–Crippen LogP) is 2.24. The third-order valence-corrected chi connectivity index (χ3v) is 5.82. The van der Waals surface area contributed by atoms with Crippen LogP contribution in [0.2, 0.25) is 0 Å². The monoisotopic (exact) mass is 382 g/mol. The van der Waals surface area contributed by atoms with Crippen molar-refractivity contribution in [1.29, 1.82) is 0 Å². The zero-order valence-corrected chi connectivity index (χ0v) is 15.7. The smallest absolute Gasteiger partial charge is 0.245 e. The molecule has 0 bridgehead atoms. The summed E-state index contributed by atoms with van der Waals surface area (Å²) in [6, 6.07) is 9.83. The fourth-order valence-electron chi connectivity index (χ4n) is 3.66. The zero-order valence-electron chi connectivity index (χ0n) is 14.9. The van der Waals surface area contributed by atoms with Crippen LogP contribution in [0.4, 0.5) is 5.69 Å². The van der Waals surface area contributed by atoms with Gasteiger partial charge in [-0.3, -0.25) is 9.59 Å². The fourth-order valence-corrected chi connectivity index (χ4v) is 4.35. The van der Waals surface area contributed by atoms with Crippen molar-refractivity contribution in [2.75, 3.05) is 31.1 Å². The Morgan fingerprint density at radius 2 is 2.07 bits per heavy atom. The third kappa shape index (κ3) is 3.68. The van der Waals surface area contributed by atoms with Crippen LogP contribution in [0.25, 0.3) is 10.9 Å². The van der Waals surface area contributed by atoms with E-state index in [1.54, 1.807) is 11.3 Å². The molecule has 6 nitrogen and oxygen atoms in total. The summed E-state index contributed by atoms with van der Waals surface area (Å²) in [5, 5.41) is 7.89. The molecule has 1 saturated heterocycles. The number of hydrogen-bond acceptors (Lipinski definition) is 4. The van der Waals surface area contributed by atoms with Gasteiger partial charge in [0.25, 0.3) is 0 Å². The average Bonchev–Trinajstić information content (AvgIpc) is 3.38. The Morgan fingerprint density at radius 3 is 2.81 bits per heavy atom. The number of para-hydroxylation sites is 1. The Labute approximate surface area is 161 Å². The van der Waals surface area contributed by atoms with E-state index >= 15 is 0 Å². The van der Waals surface area contributed by atoms with E-state index in [1.807, 2.05) is 27.9 Å². The molecule has 1 atom stereocenters. The summed E-state index contributed by atoms with van der Waals surface area (Å²) in [7, 11) is 0. The van der Waals surface area contributed by atoms with Crippen LogP contribution in [-0.2, 0) is 16.0 Å². The molecule has 1 aliphatic rings. The number of nitrogens with zero attached hydrogens (tertiary/aromatic N) is 2. The van der Waals surface area contributed by atoms with Gasteiger partial charge < -0.3 is 20.1 Å². The van der Waals surface area contributed by atoms with Crippen molar-refractivity contribution < 1.29 is 9.59 Å². The molecule has 1 unspecified atom stereocenters. The minimum atomic E-state index is -0.504. The summed E-state index contributed by atoms with van der Waals surface area (Å²) in [4.78, 5) is 31.4. The van der Waals surface area contributed by atoms with Crippen LogP contribution in [0.15, 0.2) is 47.3 Å². The molecule has 4 rings (SSSR count). The van der Waals surface area contributed by atoms with Gasteiger partial charge in [-0.2, -0.15) is 11.3 Å². The number of rotatable bonds is 6. The number of H-pyrrole nitrogens is 1. The molecule has 0 aliphatic carbocycles. The van der Waals surface area contributed by atoms with Crippen molar-refractivity contribution in [3.8, 4) is 0 Å². The molecular weight excluding hydrogens is 360 g/mol. The largest absolute Gasteiger partial charge is 0.366 e. The van der Waals surface area contributed by atoms with E-state index in [1.165, 1.54) is 11.1 Å². The maximum atomic E-state index is 12.9. The van der Waals surface area contributed by atoms with Crippen molar-refractivity contribution in [3.63, 3.8) is 0 Å². The Morgan fingerprint density at radius 1 is 1.22 bits per heavy atom. The summed E-state index contributed by atoms with van der Waals surface area (Å²) in [6.07, 6.45) is 3.11. The number of hydrogen-bond donors (Lipinski definition) is 2. The lowest BCUT2D eigenvalue weighted by atomic mass is 10.1. The number of carbonyl (C=O) groups is 2. The summed E-state index contributed by atoms with van der Waals surface area (Å²) in [5.74, 6) is -0.00830. The van der Waals surface area contributed by atoms with Gasteiger partial charge >= 0.3 is 0 Å². The highest BCUT2D eigenvalue weighted by Gasteiger charge is 2.28. The first kappa shape index (κ1) is 17.6. The number of aromatic amines is 1. The van der Waals surface area contributed by atoms with Crippen LogP contribution < -0.4 is 10.2 Å². The molecule has 3 aromatic rings. The lowest BCUT2D eigenvalue weighted by molar-refractivity contribution is -0.135. The first-order valence-electron chi connectivity index (χ1n) is 9.07. The highest BCUT2D eigenvalue weighted by atomic mass is 32.1. The first-order valence-corrected chi connectivity index (χ1v) is 10.0. The van der Waals surface area contributed by atoms with E-state index in [0.717, 1.165) is 24.2 Å². The minimum Gasteiger partial charge on any atom is -0.366 e. The average molecular weight is 382 g/mol. The summed E-state index contributed by atoms with van der Waals surface area (Å²) < 4.78 is 0. The van der Waals surface area contributed by atoms with Crippen LogP contribution in [0, 0.1) is 0 Å². The standard InChI is InChI=1S/C20H22N4O2S/c25-14-22-17(12-15-5-11-27-13-15)20(26)24-9-7-23(8-10-24)18-3-1-2-16-4-6-21-19(16)18/h1-6,11,13-14,17,21H,7-10,12H2,(H,22,25). The molecule has 0 saturated carbocycles. The van der Waals surface area contributed by atoms with Crippen LogP contribution in [-0.4, -0.2) is 54.4 Å². The number of nitrogens with one attached hydrogen (secondary N) is 2. The van der Waals surface area contributed by atoms with Gasteiger partial charge in [-0.25, -0.2) is 0 Å². The van der Waals surface area contributed by atoms with Crippen molar-refractivity contribution in [2.24, 2.45) is 0 Å². The molecule has 0 radical (unpaired) electrons. The third-order valence-electron chi connectivity index (χ3n) is 5.08. The van der Waals surface area contributed by atoms with Crippen molar-refractivity contribution >= 4 is 40.2 Å². The molecule has 0 spiro atoms. The lowest BCUT2D eigenvalue weighted by Gasteiger charge is -2.37. The number of aromatic nitrogens is 1. The van der Waals surface area contributed by atoms with Gasteiger partial charge in [0.2, 0.25) is 12.3 Å². The summed E-state index contributed by atoms with van der Waals surface area (Å²) in [6.45, 7) is 2.85. The number of thiophene rings is 1. The minimum absolute atomic E-state index is 0.00830. The summed E-state index contributed by atoms with van der Waals surface area (Å²) >= 11 is 1.60. The topological polar surface area (TPSA) is 68.4 Å². The molecule has 2 N–H and O–H groups in total. The van der Waals surface area contributed by atoms with Crippen LogP contribution in [0.1, 0.15) is 5.56 Å². The molecule has 2 aromatic heterocycles. The maximum absolute atomic E-state index is 12.9. The molecule has 2 amide bonds. The predicted molar refractivity (Wildman–Crippen MR) is 108 cm³/mol. The zero-order chi connectivity index (χ0) is 18.6. The molecule has 27 heavy (non-hydrogen) atoms. The molecule has 1 aliphatic heterocycles. The normalized spacial score (nSPS) is 15.7. The van der Waals surface area contributed by atoms with Gasteiger partial charge in [0.05, 0.1) is 11.2 Å². The number of carbonyl (C=O) groups excluding carboxylic acids is 2. The molecule has 7 heteroatoms. The van der Waals surface area contributed by atoms with Crippen molar-refractivity contribution in [1.82, 2.24) is 15.2 Å². The van der Waals surface area contributed by atoms with Crippen LogP contribution in [0.5, 0.6) is 0 Å². The van der Waals surface area contributed by atoms with Crippen molar-refractivity contribution in [2.45, 2.75) is 12.5 Å². The maximum Gasteiger partial charge on any atom is 0.245 e. The van der Waals surface area contributed by atoms with E-state index in [2.05, 4.69) is 39.5 Å². The highest BCUT2D eigenvalue weighted by molar-refractivity contribution is 7.07. The Bertz CT molecular complexity index is 913. The summed E-state index contributed by atoms with van der Waals surface area (Å²) in [5.41, 5.74) is 3.38. The fraction of sp³-hybridized carbons (Fsp3) is 0.300. The molecule has 140 valence electrons. The number of fused-ring (bicyclic) bond motifs is 1. The molecule has 1 aromatic carbocycles. The SMILES string of the molecule is O=CNC(Cc1ccsc1)C(=O)N1CCN(c2cccc3cc[nH]c23)CC1. The Kier molecular flexibility index (Phi) is 5.11. The van der Waals surface area contributed by atoms with E-state index in [0.29, 0.717) is 25.9 Å². The van der Waals surface area contributed by atoms with Gasteiger partial charge in [-0.1, -0.05) is 12.1 Å². The van der Waals surface area contributed by atoms with Crippen molar-refractivity contribution in [3.05, 3.63) is 52.9 Å². The Hall–Kier alpha value is -2.80. The van der Waals surface area contributed by atoms with Crippen LogP contribution in [0.3, 0.4) is 0 Å². The van der Waals surface area contributed by atoms with Gasteiger partial charge in [-0.05, 0) is 34.5 Å². The highest BCUT2D eigenvalue weighted by Crippen LogP contribution is 2.26. The first-order chi connectivity index (χ1) is 13.3. The second-order valence-corrected chi connectivity index (χ2v) is 7.48. The van der Waals surface area contributed by atoms with E-state index in [4.69, 9.17) is 0 Å². The Balaban J connectivity index is 1.42. The van der Waals surface area contributed by atoms with E-state index in [-0.39, 0.29) is 5.91 Å². The van der Waals surface area contributed by atoms with Gasteiger partial charge in [0, 0.05) is 44.2 Å². The van der Waals surface area contributed by atoms with Crippen LogP contribution >= 0.6 is 11.3 Å². The van der Waals surface area contributed by atoms with E-state index in [9.17, 15) is 9.59 Å². The number of benzene rings is 1. The molecule has 3 heterocycles. The van der Waals surface area contributed by atoms with Gasteiger partial charge in [-0.15, -0.1) is 0 Å². The second kappa shape index (κ2) is 7.84. The number of amides is 2. The lowest BCUT2D eigenvalue weighted by Crippen LogP contribution is -2.54. The van der Waals surface area contributed by atoms with Gasteiger partial charge in [0.15, 0.2) is 0 Å². The quantitative estimate of drug-likeness (QED) is 0.643.